The number of primary amides is 1. The summed E-state index contributed by atoms with van der Waals surface area (Å²) in [5.74, 6) is -0.388. The van der Waals surface area contributed by atoms with Gasteiger partial charge in [-0.25, -0.2) is 0 Å². The molecule has 0 aliphatic rings. The molecule has 0 aromatic rings. The summed E-state index contributed by atoms with van der Waals surface area (Å²) in [6.45, 7) is 2.60. The molecule has 13 heavy (non-hydrogen) atoms. The predicted molar refractivity (Wildman–Crippen MR) is 49.1 cm³/mol. The first kappa shape index (κ1) is 12.3. The molecule has 0 fully saturated rings. The normalized spacial score (nSPS) is 13.2. The van der Waals surface area contributed by atoms with Gasteiger partial charge in [0.2, 0.25) is 5.91 Å². The number of likely N-dealkylation sites (N-methyl/N-ethyl adjacent to an activating group) is 1. The molecule has 0 aromatic heterocycles. The van der Waals surface area contributed by atoms with Crippen molar-refractivity contribution in [3.63, 3.8) is 0 Å². The van der Waals surface area contributed by atoms with Crippen LogP contribution in [0.3, 0.4) is 0 Å². The zero-order valence-corrected chi connectivity index (χ0v) is 8.37. The fraction of sp³-hybridized carbons (Fsp3) is 0.875. The number of carbonyl (C=O) groups is 1. The lowest BCUT2D eigenvalue weighted by Crippen LogP contribution is -2.43. The van der Waals surface area contributed by atoms with Crippen molar-refractivity contribution in [2.75, 3.05) is 20.8 Å². The monoisotopic (exact) mass is 190 g/mol. The maximum Gasteiger partial charge on any atom is 0.234 e. The predicted octanol–water partition coefficient (Wildman–Crippen LogP) is -0.541. The highest BCUT2D eigenvalue weighted by atomic mass is 16.7. The SMILES string of the molecule is CCNC(CC(OC)OC)C(N)=O. The number of nitrogens with one attached hydrogen (secondary N) is 1. The molecule has 0 aromatic carbocycles. The number of hydrogen-bond acceptors (Lipinski definition) is 4. The Hall–Kier alpha value is -0.650. The number of methoxy groups -OCH3 is 2. The van der Waals surface area contributed by atoms with Crippen molar-refractivity contribution in [2.24, 2.45) is 5.73 Å². The second-order valence-corrected chi connectivity index (χ2v) is 2.65. The van der Waals surface area contributed by atoms with Crippen molar-refractivity contribution in [1.29, 1.82) is 0 Å². The van der Waals surface area contributed by atoms with Gasteiger partial charge in [0.15, 0.2) is 6.29 Å². The molecule has 1 unspecified atom stereocenters. The first-order chi connectivity index (χ1) is 6.15. The van der Waals surface area contributed by atoms with Crippen molar-refractivity contribution in [2.45, 2.75) is 25.7 Å². The highest BCUT2D eigenvalue weighted by Crippen LogP contribution is 2.02. The number of ether oxygens (including phenoxy) is 2. The van der Waals surface area contributed by atoms with Gasteiger partial charge in [0.1, 0.15) is 0 Å². The molecule has 0 rings (SSSR count). The third-order valence-corrected chi connectivity index (χ3v) is 1.75. The van der Waals surface area contributed by atoms with Crippen molar-refractivity contribution >= 4 is 5.91 Å². The lowest BCUT2D eigenvalue weighted by atomic mass is 10.2. The van der Waals surface area contributed by atoms with Crippen LogP contribution in [0.15, 0.2) is 0 Å². The van der Waals surface area contributed by atoms with Crippen LogP contribution in [0, 0.1) is 0 Å². The quantitative estimate of drug-likeness (QED) is 0.529. The van der Waals surface area contributed by atoms with Gasteiger partial charge in [0.25, 0.3) is 0 Å². The van der Waals surface area contributed by atoms with Gasteiger partial charge in [-0.2, -0.15) is 0 Å². The number of amides is 1. The lowest BCUT2D eigenvalue weighted by molar-refractivity contribution is -0.130. The highest BCUT2D eigenvalue weighted by Gasteiger charge is 2.19. The topological polar surface area (TPSA) is 73.6 Å². The molecule has 0 heterocycles. The number of rotatable bonds is 7. The summed E-state index contributed by atoms with van der Waals surface area (Å²) in [4.78, 5) is 10.9. The smallest absolute Gasteiger partial charge is 0.234 e. The first-order valence-corrected chi connectivity index (χ1v) is 4.24. The summed E-state index contributed by atoms with van der Waals surface area (Å²) in [7, 11) is 3.05. The van der Waals surface area contributed by atoms with E-state index in [1.54, 1.807) is 0 Å². The average molecular weight is 190 g/mol. The molecule has 3 N–H and O–H groups in total. The van der Waals surface area contributed by atoms with Gasteiger partial charge in [-0.05, 0) is 6.54 Å². The molecule has 78 valence electrons. The number of hydrogen-bond donors (Lipinski definition) is 2. The van der Waals surface area contributed by atoms with Gasteiger partial charge in [-0.3, -0.25) is 4.79 Å². The fourth-order valence-corrected chi connectivity index (χ4v) is 1.03. The van der Waals surface area contributed by atoms with E-state index < -0.39 is 12.3 Å². The summed E-state index contributed by atoms with van der Waals surface area (Å²) < 4.78 is 9.91. The maximum absolute atomic E-state index is 10.9. The zero-order valence-electron chi connectivity index (χ0n) is 8.37. The second-order valence-electron chi connectivity index (χ2n) is 2.65. The average Bonchev–Trinajstić information content (AvgIpc) is 2.11. The third kappa shape index (κ3) is 4.82. The Morgan fingerprint density at radius 3 is 2.31 bits per heavy atom. The van der Waals surface area contributed by atoms with Crippen LogP contribution in [0.1, 0.15) is 13.3 Å². The van der Waals surface area contributed by atoms with E-state index >= 15 is 0 Å². The molecule has 0 spiro atoms. The summed E-state index contributed by atoms with van der Waals surface area (Å²) >= 11 is 0. The molecule has 0 bridgehead atoms. The Labute approximate surface area is 78.6 Å². The molecule has 5 heteroatoms. The van der Waals surface area contributed by atoms with Crippen molar-refractivity contribution in [1.82, 2.24) is 5.32 Å². The van der Waals surface area contributed by atoms with Crippen LogP contribution in [0.4, 0.5) is 0 Å². The first-order valence-electron chi connectivity index (χ1n) is 4.24. The summed E-state index contributed by atoms with van der Waals surface area (Å²) in [5, 5.41) is 2.95. The molecule has 1 amide bonds. The summed E-state index contributed by atoms with van der Waals surface area (Å²) in [6, 6.07) is -0.394. The van der Waals surface area contributed by atoms with Crippen LogP contribution < -0.4 is 11.1 Å². The van der Waals surface area contributed by atoms with E-state index in [4.69, 9.17) is 15.2 Å². The van der Waals surface area contributed by atoms with E-state index in [0.717, 1.165) is 0 Å². The van der Waals surface area contributed by atoms with Crippen LogP contribution >= 0.6 is 0 Å². The Balaban J connectivity index is 3.99. The van der Waals surface area contributed by atoms with Crippen LogP contribution in [-0.2, 0) is 14.3 Å². The Morgan fingerprint density at radius 2 is 2.00 bits per heavy atom. The molecular weight excluding hydrogens is 172 g/mol. The van der Waals surface area contributed by atoms with Gasteiger partial charge in [-0.1, -0.05) is 6.92 Å². The standard InChI is InChI=1S/C8H18N2O3/c1-4-10-6(8(9)11)5-7(12-2)13-3/h6-7,10H,4-5H2,1-3H3,(H2,9,11). The van der Waals surface area contributed by atoms with Crippen LogP contribution in [-0.4, -0.2) is 39.0 Å². The second kappa shape index (κ2) is 6.82. The Morgan fingerprint density at radius 1 is 1.46 bits per heavy atom. The van der Waals surface area contributed by atoms with Crippen molar-refractivity contribution in [3.8, 4) is 0 Å². The third-order valence-electron chi connectivity index (χ3n) is 1.75. The Bertz CT molecular complexity index is 148. The van der Waals surface area contributed by atoms with Crippen LogP contribution in [0.5, 0.6) is 0 Å². The van der Waals surface area contributed by atoms with E-state index in [2.05, 4.69) is 5.32 Å². The van der Waals surface area contributed by atoms with Crippen LogP contribution in [0.2, 0.25) is 0 Å². The summed E-state index contributed by atoms with van der Waals surface area (Å²) in [6.07, 6.45) is 0.0347. The molecule has 0 radical (unpaired) electrons. The minimum atomic E-state index is -0.394. The number of nitrogens with two attached hydrogens (primary N) is 1. The van der Waals surface area contributed by atoms with Gasteiger partial charge in [0, 0.05) is 20.6 Å². The van der Waals surface area contributed by atoms with Gasteiger partial charge in [-0.15, -0.1) is 0 Å². The van der Waals surface area contributed by atoms with Gasteiger partial charge in [0.05, 0.1) is 6.04 Å². The largest absolute Gasteiger partial charge is 0.368 e. The Kier molecular flexibility index (Phi) is 6.48. The zero-order chi connectivity index (χ0) is 10.3. The highest BCUT2D eigenvalue weighted by molar-refractivity contribution is 5.79. The van der Waals surface area contributed by atoms with E-state index in [9.17, 15) is 4.79 Å². The lowest BCUT2D eigenvalue weighted by Gasteiger charge is -2.19. The van der Waals surface area contributed by atoms with Crippen LogP contribution in [0.25, 0.3) is 0 Å². The molecule has 0 saturated heterocycles. The van der Waals surface area contributed by atoms with E-state index in [0.29, 0.717) is 13.0 Å². The minimum Gasteiger partial charge on any atom is -0.368 e. The molecule has 1 atom stereocenters. The van der Waals surface area contributed by atoms with E-state index in [1.165, 1.54) is 14.2 Å². The summed E-state index contributed by atoms with van der Waals surface area (Å²) in [5.41, 5.74) is 5.17. The van der Waals surface area contributed by atoms with E-state index in [1.807, 2.05) is 6.92 Å². The van der Waals surface area contributed by atoms with E-state index in [-0.39, 0.29) is 5.91 Å². The molecular formula is C8H18N2O3. The van der Waals surface area contributed by atoms with Gasteiger partial charge < -0.3 is 20.5 Å². The fourth-order valence-electron chi connectivity index (χ4n) is 1.03. The number of carbonyl (C=O) groups excluding carboxylic acids is 1. The molecule has 5 nitrogen and oxygen atoms in total. The van der Waals surface area contributed by atoms with Crippen molar-refractivity contribution < 1.29 is 14.3 Å². The molecule has 0 aliphatic heterocycles. The van der Waals surface area contributed by atoms with Gasteiger partial charge >= 0.3 is 0 Å². The maximum atomic E-state index is 10.9. The van der Waals surface area contributed by atoms with Crippen molar-refractivity contribution in [3.05, 3.63) is 0 Å². The minimum absolute atomic E-state index is 0.388. The molecule has 0 aliphatic carbocycles. The molecule has 0 saturated carbocycles.